The molecule has 0 aliphatic heterocycles. The smallest absolute Gasteiger partial charge is 0.306 e. The Morgan fingerprint density at radius 2 is 0.705 bits per heavy atom. The average molecular weight is 849 g/mol. The number of aliphatic hydroxyl groups is 1. The van der Waals surface area contributed by atoms with Crippen LogP contribution >= 0.6 is 0 Å². The van der Waals surface area contributed by atoms with Crippen molar-refractivity contribution in [1.29, 1.82) is 0 Å². The third-order valence-corrected chi connectivity index (χ3v) is 11.0. The number of ether oxygens (including phenoxy) is 2. The van der Waals surface area contributed by atoms with E-state index in [4.69, 9.17) is 9.47 Å². The highest BCUT2D eigenvalue weighted by Gasteiger charge is 2.16. The van der Waals surface area contributed by atoms with Crippen molar-refractivity contribution in [2.24, 2.45) is 0 Å². The Morgan fingerprint density at radius 1 is 0.393 bits per heavy atom. The van der Waals surface area contributed by atoms with Crippen LogP contribution in [0.2, 0.25) is 0 Å². The maximum atomic E-state index is 12.3. The Bertz CT molecular complexity index is 1140. The lowest BCUT2D eigenvalue weighted by Gasteiger charge is -2.15. The van der Waals surface area contributed by atoms with E-state index in [1.54, 1.807) is 0 Å². The molecule has 5 heteroatoms. The molecule has 0 bridgehead atoms. The maximum absolute atomic E-state index is 12.3. The van der Waals surface area contributed by atoms with E-state index in [9.17, 15) is 14.7 Å². The summed E-state index contributed by atoms with van der Waals surface area (Å²) in [7, 11) is 0. The van der Waals surface area contributed by atoms with Crippen LogP contribution in [-0.2, 0) is 19.1 Å². The number of allylic oxidation sites excluding steroid dienone is 14. The number of hydrogen-bond acceptors (Lipinski definition) is 5. The molecule has 0 saturated heterocycles. The summed E-state index contributed by atoms with van der Waals surface area (Å²) in [5.41, 5.74) is 0. The van der Waals surface area contributed by atoms with Gasteiger partial charge in [-0.3, -0.25) is 9.59 Å². The quantitative estimate of drug-likeness (QED) is 0.0375. The number of carbonyl (C=O) groups excluding carboxylic acids is 2. The summed E-state index contributed by atoms with van der Waals surface area (Å²) in [6.45, 7) is 4.03. The molecule has 0 radical (unpaired) electrons. The van der Waals surface area contributed by atoms with Crippen LogP contribution in [0.15, 0.2) is 85.1 Å². The van der Waals surface area contributed by atoms with Gasteiger partial charge in [-0.25, -0.2) is 0 Å². The van der Waals surface area contributed by atoms with Crippen LogP contribution < -0.4 is 0 Å². The van der Waals surface area contributed by atoms with Gasteiger partial charge in [0.25, 0.3) is 0 Å². The first kappa shape index (κ1) is 58.1. The van der Waals surface area contributed by atoms with Crippen molar-refractivity contribution in [3.05, 3.63) is 85.1 Å². The van der Waals surface area contributed by atoms with Crippen LogP contribution in [0, 0.1) is 0 Å². The fourth-order valence-electron chi connectivity index (χ4n) is 7.12. The zero-order valence-electron chi connectivity index (χ0n) is 39.9. The van der Waals surface area contributed by atoms with Crippen LogP contribution in [0.1, 0.15) is 239 Å². The number of esters is 2. The van der Waals surface area contributed by atoms with E-state index in [2.05, 4.69) is 98.9 Å². The molecule has 0 amide bonds. The number of aliphatic hydroxyl groups excluding tert-OH is 1. The van der Waals surface area contributed by atoms with Gasteiger partial charge in [0, 0.05) is 12.8 Å². The van der Waals surface area contributed by atoms with Crippen molar-refractivity contribution in [2.45, 2.75) is 245 Å². The zero-order valence-corrected chi connectivity index (χ0v) is 39.9. The normalized spacial score (nSPS) is 12.9. The minimum absolute atomic E-state index is 0.0689. The van der Waals surface area contributed by atoms with E-state index in [0.717, 1.165) is 89.9 Å². The van der Waals surface area contributed by atoms with Crippen molar-refractivity contribution in [3.63, 3.8) is 0 Å². The van der Waals surface area contributed by atoms with Crippen LogP contribution in [0.4, 0.5) is 0 Å². The SMILES string of the molecule is CC/C=C\C/C=C\C/C=C\C/C=C\C/C=C\C/C=C\C/C=C\CCCCCCCCCCCC(=O)OC(CO)COC(=O)CCCCCCCCCCCCCCCCCC. The molecule has 0 saturated carbocycles. The minimum atomic E-state index is -0.777. The van der Waals surface area contributed by atoms with Crippen LogP contribution in [0.3, 0.4) is 0 Å². The topological polar surface area (TPSA) is 72.8 Å². The molecule has 1 N–H and O–H groups in total. The lowest BCUT2D eigenvalue weighted by Crippen LogP contribution is -2.28. The lowest BCUT2D eigenvalue weighted by atomic mass is 10.0. The molecule has 0 rings (SSSR count). The molecule has 0 heterocycles. The Labute approximate surface area is 377 Å². The summed E-state index contributed by atoms with van der Waals surface area (Å²) < 4.78 is 10.7. The highest BCUT2D eigenvalue weighted by Crippen LogP contribution is 2.15. The molecule has 61 heavy (non-hydrogen) atoms. The van der Waals surface area contributed by atoms with Gasteiger partial charge in [0.05, 0.1) is 6.61 Å². The number of rotatable bonds is 46. The van der Waals surface area contributed by atoms with E-state index in [1.165, 1.54) is 122 Å². The molecule has 0 aromatic rings. The second-order valence-corrected chi connectivity index (χ2v) is 16.9. The highest BCUT2D eigenvalue weighted by atomic mass is 16.6. The summed E-state index contributed by atoms with van der Waals surface area (Å²) in [5, 5.41) is 9.62. The van der Waals surface area contributed by atoms with Gasteiger partial charge in [-0.05, 0) is 70.6 Å². The molecule has 0 fully saturated rings. The molecule has 0 aliphatic carbocycles. The largest absolute Gasteiger partial charge is 0.462 e. The van der Waals surface area contributed by atoms with E-state index in [1.807, 2.05) is 0 Å². The summed E-state index contributed by atoms with van der Waals surface area (Å²) in [6, 6.07) is 0. The molecule has 0 spiro atoms. The Hall–Kier alpha value is -2.92. The molecule has 0 aliphatic rings. The highest BCUT2D eigenvalue weighted by molar-refractivity contribution is 5.70. The predicted octanol–water partition coefficient (Wildman–Crippen LogP) is 17.0. The molecule has 0 aromatic heterocycles. The summed E-state index contributed by atoms with van der Waals surface area (Å²) in [5.74, 6) is -0.594. The fourth-order valence-corrected chi connectivity index (χ4v) is 7.12. The van der Waals surface area contributed by atoms with Crippen LogP contribution in [0.25, 0.3) is 0 Å². The van der Waals surface area contributed by atoms with Gasteiger partial charge in [-0.1, -0.05) is 240 Å². The summed E-state index contributed by atoms with van der Waals surface area (Å²) in [4.78, 5) is 24.4. The Kier molecular flexibility index (Phi) is 49.0. The third kappa shape index (κ3) is 49.6. The maximum Gasteiger partial charge on any atom is 0.306 e. The van der Waals surface area contributed by atoms with E-state index >= 15 is 0 Å². The van der Waals surface area contributed by atoms with Crippen molar-refractivity contribution in [3.8, 4) is 0 Å². The number of carbonyl (C=O) groups is 2. The molecule has 0 aromatic carbocycles. The van der Waals surface area contributed by atoms with Crippen molar-refractivity contribution in [1.82, 2.24) is 0 Å². The second-order valence-electron chi connectivity index (χ2n) is 16.9. The van der Waals surface area contributed by atoms with Crippen molar-refractivity contribution >= 4 is 11.9 Å². The molecule has 350 valence electrons. The Morgan fingerprint density at radius 3 is 1.07 bits per heavy atom. The number of hydrogen-bond donors (Lipinski definition) is 1. The Balaban J connectivity index is 3.55. The zero-order chi connectivity index (χ0) is 44.2. The first-order valence-electron chi connectivity index (χ1n) is 25.6. The van der Waals surface area contributed by atoms with Gasteiger partial charge >= 0.3 is 11.9 Å². The number of unbranched alkanes of at least 4 members (excludes halogenated alkanes) is 24. The predicted molar refractivity (Wildman–Crippen MR) is 265 cm³/mol. The third-order valence-electron chi connectivity index (χ3n) is 11.0. The van der Waals surface area contributed by atoms with Crippen LogP contribution in [0.5, 0.6) is 0 Å². The van der Waals surface area contributed by atoms with Gasteiger partial charge in [-0.2, -0.15) is 0 Å². The average Bonchev–Trinajstić information content (AvgIpc) is 3.26. The molecule has 5 nitrogen and oxygen atoms in total. The summed E-state index contributed by atoms with van der Waals surface area (Å²) >= 11 is 0. The minimum Gasteiger partial charge on any atom is -0.462 e. The standard InChI is InChI=1S/C56H96O5/c1-3-5-7-9-11-13-15-17-19-21-22-23-24-25-26-27-28-29-30-31-32-33-34-35-37-39-41-43-45-47-49-51-56(59)61-54(52-57)53-60-55(58)50-48-46-44-42-40-38-36-20-18-16-14-12-10-8-6-4-2/h5,7,11,13,17,19,22-23,25-26,28-29,31-32,54,57H,3-4,6,8-10,12,14-16,18,20-21,24,27,30,33-53H2,1-2H3/b7-5-,13-11-,19-17-,23-22-,26-25-,29-28-,32-31-. The summed E-state index contributed by atoms with van der Waals surface area (Å²) in [6.07, 6.45) is 71.0. The van der Waals surface area contributed by atoms with Crippen LogP contribution in [-0.4, -0.2) is 36.4 Å². The molecule has 1 unspecified atom stereocenters. The van der Waals surface area contributed by atoms with Gasteiger partial charge in [0.1, 0.15) is 6.61 Å². The van der Waals surface area contributed by atoms with Crippen molar-refractivity contribution in [2.75, 3.05) is 13.2 Å². The van der Waals surface area contributed by atoms with Crippen molar-refractivity contribution < 1.29 is 24.2 Å². The van der Waals surface area contributed by atoms with E-state index in [0.29, 0.717) is 12.8 Å². The van der Waals surface area contributed by atoms with Gasteiger partial charge in [0.15, 0.2) is 6.10 Å². The monoisotopic (exact) mass is 849 g/mol. The van der Waals surface area contributed by atoms with Gasteiger partial charge in [-0.15, -0.1) is 0 Å². The molecular formula is C56H96O5. The molecular weight excluding hydrogens is 753 g/mol. The molecule has 1 atom stereocenters. The fraction of sp³-hybridized carbons (Fsp3) is 0.714. The van der Waals surface area contributed by atoms with E-state index < -0.39 is 6.10 Å². The second kappa shape index (κ2) is 51.4. The first-order valence-corrected chi connectivity index (χ1v) is 25.6. The first-order chi connectivity index (χ1) is 30.1. The van der Waals surface area contributed by atoms with Gasteiger partial charge < -0.3 is 14.6 Å². The van der Waals surface area contributed by atoms with Gasteiger partial charge in [0.2, 0.25) is 0 Å². The lowest BCUT2D eigenvalue weighted by molar-refractivity contribution is -0.161. The van der Waals surface area contributed by atoms with E-state index in [-0.39, 0.29) is 25.2 Å².